The molecule has 0 saturated carbocycles. The highest BCUT2D eigenvalue weighted by molar-refractivity contribution is 7.99. The number of aromatic amines is 1. The summed E-state index contributed by atoms with van der Waals surface area (Å²) in [4.78, 5) is 15.7. The fourth-order valence-electron chi connectivity index (χ4n) is 3.10. The van der Waals surface area contributed by atoms with Gasteiger partial charge < -0.3 is 4.57 Å². The van der Waals surface area contributed by atoms with Crippen molar-refractivity contribution in [1.82, 2.24) is 15.0 Å². The van der Waals surface area contributed by atoms with Crippen LogP contribution < -0.4 is 9.99 Å². The summed E-state index contributed by atoms with van der Waals surface area (Å²) >= 11 is 7.46. The highest BCUT2D eigenvalue weighted by Gasteiger charge is 2.20. The Kier molecular flexibility index (Phi) is 6.21. The first kappa shape index (κ1) is 20.3. The van der Waals surface area contributed by atoms with Crippen LogP contribution in [0.3, 0.4) is 0 Å². The molecule has 4 aromatic rings. The van der Waals surface area contributed by atoms with E-state index in [4.69, 9.17) is 11.6 Å². The van der Waals surface area contributed by atoms with Crippen LogP contribution >= 0.6 is 23.4 Å². The standard InChI is InChI=1S/C22H20ClN5OS/c1-27-12-4-5-18(27)13-24-26-21(29)15-30-22-25-19-6-2-3-7-20(19)28(22)14-16-8-10-17(23)11-9-16/h2-13H,14-15H2,1H3,(H,26,29)/p+1. The van der Waals surface area contributed by atoms with Gasteiger partial charge in [0.1, 0.15) is 6.54 Å². The minimum atomic E-state index is -0.165. The van der Waals surface area contributed by atoms with Crippen molar-refractivity contribution in [2.75, 3.05) is 5.75 Å². The average Bonchev–Trinajstić information content (AvgIpc) is 3.31. The first-order chi connectivity index (χ1) is 14.6. The van der Waals surface area contributed by atoms with Crippen molar-refractivity contribution in [3.05, 3.63) is 83.1 Å². The first-order valence-corrected chi connectivity index (χ1v) is 10.8. The Morgan fingerprint density at radius 1 is 1.20 bits per heavy atom. The number of thioether (sulfide) groups is 1. The number of aromatic nitrogens is 3. The number of carbonyl (C=O) groups excluding carboxylic acids is 1. The maximum atomic E-state index is 12.3. The Hall–Kier alpha value is -3.03. The highest BCUT2D eigenvalue weighted by Crippen LogP contribution is 2.19. The van der Waals surface area contributed by atoms with Crippen molar-refractivity contribution in [3.8, 4) is 0 Å². The van der Waals surface area contributed by atoms with Gasteiger partial charge in [-0.25, -0.2) is 15.0 Å². The number of benzene rings is 2. The van der Waals surface area contributed by atoms with E-state index in [0.717, 1.165) is 27.4 Å². The number of imidazole rings is 1. The maximum Gasteiger partial charge on any atom is 0.317 e. The molecule has 0 aliphatic rings. The monoisotopic (exact) mass is 438 g/mol. The predicted molar refractivity (Wildman–Crippen MR) is 121 cm³/mol. The third-order valence-corrected chi connectivity index (χ3v) is 5.90. The molecular formula is C22H21ClN5OS+. The Morgan fingerprint density at radius 3 is 2.77 bits per heavy atom. The molecule has 4 rings (SSSR count). The van der Waals surface area contributed by atoms with Gasteiger partial charge in [-0.2, -0.15) is 5.10 Å². The van der Waals surface area contributed by atoms with Crippen molar-refractivity contribution in [1.29, 1.82) is 0 Å². The minimum Gasteiger partial charge on any atom is -0.350 e. The van der Waals surface area contributed by atoms with Crippen LogP contribution in [0, 0.1) is 0 Å². The van der Waals surface area contributed by atoms with E-state index in [1.54, 1.807) is 6.21 Å². The molecule has 2 heterocycles. The minimum absolute atomic E-state index is 0.165. The summed E-state index contributed by atoms with van der Waals surface area (Å²) in [5.74, 6) is 0.0833. The van der Waals surface area contributed by atoms with E-state index in [2.05, 4.69) is 26.1 Å². The number of nitrogens with one attached hydrogen (secondary N) is 2. The molecule has 0 unspecified atom stereocenters. The van der Waals surface area contributed by atoms with Crippen LogP contribution in [0.4, 0.5) is 0 Å². The molecule has 2 aromatic carbocycles. The maximum absolute atomic E-state index is 12.3. The molecule has 152 valence electrons. The largest absolute Gasteiger partial charge is 0.350 e. The third kappa shape index (κ3) is 4.75. The van der Waals surface area contributed by atoms with Gasteiger partial charge in [0.05, 0.1) is 17.7 Å². The molecular weight excluding hydrogens is 418 g/mol. The zero-order valence-electron chi connectivity index (χ0n) is 16.4. The number of nitrogens with zero attached hydrogens (tertiary/aromatic N) is 3. The molecule has 8 heteroatoms. The number of hydrazone groups is 1. The number of aryl methyl sites for hydroxylation is 1. The molecule has 6 nitrogen and oxygen atoms in total. The van der Waals surface area contributed by atoms with Crippen LogP contribution in [-0.2, 0) is 18.4 Å². The number of hydrogen-bond acceptors (Lipinski definition) is 3. The van der Waals surface area contributed by atoms with Crippen LogP contribution in [0.25, 0.3) is 11.0 Å². The lowest BCUT2D eigenvalue weighted by molar-refractivity contribution is -0.700. The summed E-state index contributed by atoms with van der Waals surface area (Å²) in [5.41, 5.74) is 6.74. The summed E-state index contributed by atoms with van der Waals surface area (Å²) in [6, 6.07) is 19.7. The van der Waals surface area contributed by atoms with Gasteiger partial charge in [0.2, 0.25) is 0 Å². The second kappa shape index (κ2) is 9.19. The van der Waals surface area contributed by atoms with Gasteiger partial charge in [-0.05, 0) is 53.7 Å². The molecule has 0 aliphatic carbocycles. The van der Waals surface area contributed by atoms with E-state index in [0.29, 0.717) is 11.6 Å². The van der Waals surface area contributed by atoms with Crippen molar-refractivity contribution in [2.45, 2.75) is 11.7 Å². The molecule has 1 amide bonds. The van der Waals surface area contributed by atoms with E-state index < -0.39 is 0 Å². The van der Waals surface area contributed by atoms with Crippen LogP contribution in [-0.4, -0.2) is 27.4 Å². The zero-order valence-corrected chi connectivity index (χ0v) is 18.0. The summed E-state index contributed by atoms with van der Waals surface area (Å²) in [6.45, 7) is 0.677. The molecule has 0 radical (unpaired) electrons. The smallest absolute Gasteiger partial charge is 0.317 e. The van der Waals surface area contributed by atoms with E-state index in [1.807, 2.05) is 72.4 Å². The normalized spacial score (nSPS) is 11.4. The molecule has 0 spiro atoms. The summed E-state index contributed by atoms with van der Waals surface area (Å²) in [5, 5.41) is 5.66. The van der Waals surface area contributed by atoms with Crippen molar-refractivity contribution in [3.63, 3.8) is 0 Å². The number of carbonyl (C=O) groups is 1. The molecule has 0 fully saturated rings. The van der Waals surface area contributed by atoms with Crippen LogP contribution in [0.15, 0.2) is 77.1 Å². The molecule has 0 bridgehead atoms. The number of halogens is 1. The van der Waals surface area contributed by atoms with Gasteiger partial charge in [-0.3, -0.25) is 4.79 Å². The summed E-state index contributed by atoms with van der Waals surface area (Å²) in [6.07, 6.45) is 3.56. The van der Waals surface area contributed by atoms with Crippen LogP contribution in [0.1, 0.15) is 11.3 Å². The van der Waals surface area contributed by atoms with E-state index in [9.17, 15) is 4.79 Å². The Balaban J connectivity index is 1.46. The fourth-order valence-corrected chi connectivity index (χ4v) is 4.05. The number of hydrogen-bond donors (Lipinski definition) is 2. The summed E-state index contributed by atoms with van der Waals surface area (Å²) < 4.78 is 4.10. The van der Waals surface area contributed by atoms with Gasteiger partial charge in [-0.15, -0.1) is 0 Å². The van der Waals surface area contributed by atoms with Gasteiger partial charge in [0, 0.05) is 18.3 Å². The summed E-state index contributed by atoms with van der Waals surface area (Å²) in [7, 11) is 1.92. The van der Waals surface area contributed by atoms with E-state index in [-0.39, 0.29) is 11.7 Å². The van der Waals surface area contributed by atoms with Crippen molar-refractivity contribution < 1.29 is 9.36 Å². The number of fused-ring (bicyclic) bond motifs is 1. The molecule has 0 aliphatic heterocycles. The molecule has 2 aromatic heterocycles. The average molecular weight is 439 g/mol. The van der Waals surface area contributed by atoms with Gasteiger partial charge in [-0.1, -0.05) is 35.9 Å². The number of para-hydroxylation sites is 2. The fraction of sp³-hybridized carbons (Fsp3) is 0.136. The Bertz CT molecular complexity index is 1200. The lowest BCUT2D eigenvalue weighted by Gasteiger charge is -2.03. The van der Waals surface area contributed by atoms with Gasteiger partial charge in [0.15, 0.2) is 11.0 Å². The Labute approximate surface area is 183 Å². The van der Waals surface area contributed by atoms with Crippen LogP contribution in [0.5, 0.6) is 0 Å². The highest BCUT2D eigenvalue weighted by atomic mass is 35.5. The van der Waals surface area contributed by atoms with E-state index in [1.165, 1.54) is 11.8 Å². The zero-order chi connectivity index (χ0) is 20.9. The second-order valence-electron chi connectivity index (χ2n) is 6.79. The van der Waals surface area contributed by atoms with Crippen molar-refractivity contribution >= 4 is 46.5 Å². The molecule has 0 atom stereocenters. The number of amides is 1. The number of rotatable bonds is 7. The first-order valence-electron chi connectivity index (χ1n) is 9.41. The SMILES string of the molecule is Cn1cccc1C=NNC(=O)CSc1[nH]c2ccccc2[n+]1Cc1ccc(Cl)cc1. The third-order valence-electron chi connectivity index (χ3n) is 4.65. The van der Waals surface area contributed by atoms with Crippen molar-refractivity contribution in [2.24, 2.45) is 12.1 Å². The van der Waals surface area contributed by atoms with Gasteiger partial charge >= 0.3 is 5.16 Å². The lowest BCUT2D eigenvalue weighted by Crippen LogP contribution is -2.36. The van der Waals surface area contributed by atoms with E-state index >= 15 is 0 Å². The molecule has 30 heavy (non-hydrogen) atoms. The number of H-pyrrole nitrogens is 1. The second-order valence-corrected chi connectivity index (χ2v) is 8.19. The molecule has 0 saturated heterocycles. The topological polar surface area (TPSA) is 66.1 Å². The van der Waals surface area contributed by atoms with Crippen LogP contribution in [0.2, 0.25) is 5.02 Å². The predicted octanol–water partition coefficient (Wildman–Crippen LogP) is 3.74. The quantitative estimate of drug-likeness (QED) is 0.200. The molecule has 2 N–H and O–H groups in total. The van der Waals surface area contributed by atoms with Gasteiger partial charge in [0.25, 0.3) is 5.91 Å². The lowest BCUT2D eigenvalue weighted by atomic mass is 10.2. The Morgan fingerprint density at radius 2 is 2.00 bits per heavy atom.